The molecule has 4 heteroatoms. The van der Waals surface area contributed by atoms with E-state index in [0.717, 1.165) is 73.2 Å². The molecule has 1 fully saturated rings. The Morgan fingerprint density at radius 2 is 1.82 bits per heavy atom. The second kappa shape index (κ2) is 24.2. The van der Waals surface area contributed by atoms with Gasteiger partial charge in [0.25, 0.3) is 0 Å². The van der Waals surface area contributed by atoms with Crippen LogP contribution in [0.15, 0.2) is 88.1 Å². The largest absolute Gasteiger partial charge is 0.314 e. The molecular formula is C40H66FN3. The molecule has 0 bridgehead atoms. The number of halogens is 1. The van der Waals surface area contributed by atoms with Gasteiger partial charge in [0.2, 0.25) is 0 Å². The molecule has 1 heterocycles. The third-order valence-electron chi connectivity index (χ3n) is 7.38. The molecule has 0 aromatic heterocycles. The van der Waals surface area contributed by atoms with Gasteiger partial charge in [-0.1, -0.05) is 78.3 Å². The molecule has 1 aromatic rings. The quantitative estimate of drug-likeness (QED) is 0.232. The Hall–Kier alpha value is -3.11. The predicted molar refractivity (Wildman–Crippen MR) is 202 cm³/mol. The van der Waals surface area contributed by atoms with Gasteiger partial charge in [0.05, 0.1) is 5.71 Å². The van der Waals surface area contributed by atoms with Crippen molar-refractivity contribution < 1.29 is 5.82 Å². The van der Waals surface area contributed by atoms with Crippen molar-refractivity contribution in [2.24, 2.45) is 15.9 Å². The molecule has 0 saturated carbocycles. The van der Waals surface area contributed by atoms with E-state index in [2.05, 4.69) is 94.5 Å². The minimum Gasteiger partial charge on any atom is -0.314 e. The van der Waals surface area contributed by atoms with Gasteiger partial charge < -0.3 is 5.32 Å². The first kappa shape index (κ1) is 43.0. The maximum atomic E-state index is 15.6. The lowest BCUT2D eigenvalue weighted by atomic mass is 9.87. The van der Waals surface area contributed by atoms with Crippen molar-refractivity contribution in [3.8, 4) is 0 Å². The molecule has 44 heavy (non-hydrogen) atoms. The average molecular weight is 608 g/mol. The number of hydrogen-bond acceptors (Lipinski definition) is 3. The van der Waals surface area contributed by atoms with Crippen LogP contribution in [0.2, 0.25) is 0 Å². The summed E-state index contributed by atoms with van der Waals surface area (Å²) < 4.78 is 15.6. The predicted octanol–water partition coefficient (Wildman–Crippen LogP) is 12.1. The van der Waals surface area contributed by atoms with E-state index >= 15 is 4.39 Å². The summed E-state index contributed by atoms with van der Waals surface area (Å²) in [6.07, 6.45) is 22.1. The Balaban J connectivity index is -0.00000208. The minimum atomic E-state index is -0.223. The van der Waals surface area contributed by atoms with E-state index < -0.39 is 0 Å². The second-order valence-electron chi connectivity index (χ2n) is 11.0. The number of nitrogens with zero attached hydrogens (tertiary/aromatic N) is 2. The molecular weight excluding hydrogens is 541 g/mol. The van der Waals surface area contributed by atoms with Crippen molar-refractivity contribution in [2.45, 2.75) is 114 Å². The molecule has 1 saturated heterocycles. The van der Waals surface area contributed by atoms with Crippen LogP contribution in [0.5, 0.6) is 0 Å². The van der Waals surface area contributed by atoms with Gasteiger partial charge in [-0.05, 0) is 107 Å². The SMILES string of the molecule is C.C.C=C.CC=N/C(=C\c1c(C)cc(C(/C=C(C)\C2=C/C/C(C)=C\C=C\C2)=NC)cc1F)C1CCNC(CCC)C1.CCC.[HH]. The first-order valence-electron chi connectivity index (χ1n) is 15.7. The molecule has 248 valence electrons. The third-order valence-corrected chi connectivity index (χ3v) is 7.38. The lowest BCUT2D eigenvalue weighted by Crippen LogP contribution is -2.38. The Morgan fingerprint density at radius 3 is 2.41 bits per heavy atom. The molecule has 1 aliphatic carbocycles. The number of nitrogens with one attached hydrogen (secondary N) is 1. The van der Waals surface area contributed by atoms with E-state index in [1.54, 1.807) is 13.1 Å². The van der Waals surface area contributed by atoms with E-state index in [-0.39, 0.29) is 22.1 Å². The van der Waals surface area contributed by atoms with E-state index in [0.29, 0.717) is 17.5 Å². The maximum Gasteiger partial charge on any atom is 0.131 e. The van der Waals surface area contributed by atoms with Crippen LogP contribution in [-0.2, 0) is 0 Å². The molecule has 2 unspecified atom stereocenters. The lowest BCUT2D eigenvalue weighted by Gasteiger charge is -2.30. The van der Waals surface area contributed by atoms with Crippen molar-refractivity contribution in [3.05, 3.63) is 101 Å². The van der Waals surface area contributed by atoms with Crippen LogP contribution >= 0.6 is 0 Å². The highest BCUT2D eigenvalue weighted by Crippen LogP contribution is 2.30. The summed E-state index contributed by atoms with van der Waals surface area (Å²) >= 11 is 0. The maximum absolute atomic E-state index is 15.6. The molecule has 1 aliphatic heterocycles. The fraction of sp³-hybridized carbons (Fsp3) is 0.500. The van der Waals surface area contributed by atoms with Gasteiger partial charge in [-0.15, -0.1) is 13.2 Å². The zero-order chi connectivity index (χ0) is 31.5. The summed E-state index contributed by atoms with van der Waals surface area (Å²) in [6, 6.07) is 4.18. The van der Waals surface area contributed by atoms with Crippen LogP contribution in [0.25, 0.3) is 6.08 Å². The smallest absolute Gasteiger partial charge is 0.131 e. The lowest BCUT2D eigenvalue weighted by molar-refractivity contribution is 0.318. The normalized spacial score (nSPS) is 22.2. The van der Waals surface area contributed by atoms with Crippen LogP contribution in [-0.4, -0.2) is 31.6 Å². The molecule has 0 radical (unpaired) electrons. The summed E-state index contributed by atoms with van der Waals surface area (Å²) in [5, 5.41) is 3.63. The highest BCUT2D eigenvalue weighted by molar-refractivity contribution is 6.09. The zero-order valence-electron chi connectivity index (χ0n) is 27.7. The Kier molecular flexibility index (Phi) is 23.7. The fourth-order valence-corrected chi connectivity index (χ4v) is 5.25. The van der Waals surface area contributed by atoms with Gasteiger partial charge in [0.15, 0.2) is 0 Å². The van der Waals surface area contributed by atoms with Gasteiger partial charge in [-0.2, -0.15) is 0 Å². The van der Waals surface area contributed by atoms with Gasteiger partial charge in [-0.25, -0.2) is 4.39 Å². The zero-order valence-corrected chi connectivity index (χ0v) is 27.7. The number of rotatable bonds is 8. The van der Waals surface area contributed by atoms with Gasteiger partial charge in [0.1, 0.15) is 5.82 Å². The van der Waals surface area contributed by atoms with Gasteiger partial charge in [-0.3, -0.25) is 9.98 Å². The van der Waals surface area contributed by atoms with Gasteiger partial charge in [0, 0.05) is 43.5 Å². The van der Waals surface area contributed by atoms with Crippen LogP contribution < -0.4 is 5.32 Å². The first-order chi connectivity index (χ1) is 20.3. The Bertz CT molecular complexity index is 1170. The third kappa shape index (κ3) is 14.1. The number of piperidine rings is 1. The molecule has 0 amide bonds. The summed E-state index contributed by atoms with van der Waals surface area (Å²) in [6.45, 7) is 21.6. The van der Waals surface area contributed by atoms with Crippen LogP contribution in [0.3, 0.4) is 0 Å². The molecule has 1 aromatic carbocycles. The first-order valence-corrected chi connectivity index (χ1v) is 15.7. The number of aliphatic imine (C=N–C) groups is 2. The standard InChI is InChI=1S/C33H44FN3.C3H8.C2H4.2CH4.H2/c1-7-11-29-20-27(16-17-37-29)33(36-8-2)22-30-25(5)18-28(21-31(30)34)32(35-6)19-24(4)26-13-10-9-12-23(3)14-15-26;1-3-2;1-2;;;/h8-10,12,15,18-19,21-22,27,29,37H,7,11,13-14,16-17,20H2,1-6H3;3H2,1-2H3;1-2H2;2*1H4;1H/b10-9+,23-12-,24-19-,26-15-,33-22-,35-32?,36-8?;;;;;. The number of aryl methyl sites for hydroxylation is 1. The summed E-state index contributed by atoms with van der Waals surface area (Å²) in [5.74, 6) is 0.120. The van der Waals surface area contributed by atoms with Crippen molar-refractivity contribution in [1.82, 2.24) is 5.32 Å². The topological polar surface area (TPSA) is 36.8 Å². The summed E-state index contributed by atoms with van der Waals surface area (Å²) in [5.41, 5.74) is 7.89. The molecule has 3 nitrogen and oxygen atoms in total. The molecule has 3 rings (SSSR count). The van der Waals surface area contributed by atoms with E-state index in [4.69, 9.17) is 4.99 Å². The Labute approximate surface area is 273 Å². The molecule has 0 spiro atoms. The van der Waals surface area contributed by atoms with E-state index in [1.165, 1.54) is 17.6 Å². The van der Waals surface area contributed by atoms with Crippen molar-refractivity contribution in [2.75, 3.05) is 13.6 Å². The van der Waals surface area contributed by atoms with Crippen molar-refractivity contribution in [3.63, 3.8) is 0 Å². The summed E-state index contributed by atoms with van der Waals surface area (Å²) in [4.78, 5) is 9.22. The number of benzene rings is 1. The van der Waals surface area contributed by atoms with Crippen LogP contribution in [0.4, 0.5) is 4.39 Å². The Morgan fingerprint density at radius 1 is 1.14 bits per heavy atom. The summed E-state index contributed by atoms with van der Waals surface area (Å²) in [7, 11) is 1.78. The second-order valence-corrected chi connectivity index (χ2v) is 11.0. The van der Waals surface area contributed by atoms with Crippen LogP contribution in [0.1, 0.15) is 119 Å². The van der Waals surface area contributed by atoms with Crippen molar-refractivity contribution >= 4 is 18.0 Å². The average Bonchev–Trinajstić information content (AvgIpc) is 2.97. The fourth-order valence-electron chi connectivity index (χ4n) is 5.25. The number of allylic oxidation sites excluding steroid dienone is 9. The molecule has 2 atom stereocenters. The number of hydrogen-bond donors (Lipinski definition) is 1. The van der Waals surface area contributed by atoms with Crippen molar-refractivity contribution in [1.29, 1.82) is 0 Å². The highest BCUT2D eigenvalue weighted by Gasteiger charge is 2.24. The van der Waals surface area contributed by atoms with E-state index in [1.807, 2.05) is 26.1 Å². The van der Waals surface area contributed by atoms with E-state index in [9.17, 15) is 0 Å². The molecule has 1 N–H and O–H groups in total. The monoisotopic (exact) mass is 608 g/mol. The van der Waals surface area contributed by atoms with Crippen LogP contribution in [0, 0.1) is 18.7 Å². The highest BCUT2D eigenvalue weighted by atomic mass is 19.1. The van der Waals surface area contributed by atoms with Gasteiger partial charge >= 0.3 is 0 Å². The molecule has 2 aliphatic rings. The minimum absolute atomic E-state index is 0.